The van der Waals surface area contributed by atoms with Crippen LogP contribution in [-0.4, -0.2) is 0 Å². The molecule has 1 aromatic heterocycles. The number of hydrogen-bond acceptors (Lipinski definition) is 3. The van der Waals surface area contributed by atoms with E-state index in [2.05, 4.69) is 60.0 Å². The highest BCUT2D eigenvalue weighted by Crippen LogP contribution is 2.52. The van der Waals surface area contributed by atoms with Crippen LogP contribution in [0.4, 0.5) is 0 Å². The van der Waals surface area contributed by atoms with E-state index in [1.807, 2.05) is 6.07 Å². The first-order chi connectivity index (χ1) is 11.4. The van der Waals surface area contributed by atoms with E-state index in [-0.39, 0.29) is 0 Å². The summed E-state index contributed by atoms with van der Waals surface area (Å²) in [7, 11) is 0. The molecule has 3 heteroatoms. The Morgan fingerprint density at radius 2 is 1.83 bits per heavy atom. The molecule has 0 aliphatic carbocycles. The van der Waals surface area contributed by atoms with Crippen LogP contribution in [0.5, 0.6) is 5.75 Å². The molecule has 23 heavy (non-hydrogen) atoms. The van der Waals surface area contributed by atoms with Gasteiger partial charge in [-0.25, -0.2) is 0 Å². The summed E-state index contributed by atoms with van der Waals surface area (Å²) >= 11 is 1.81. The molecule has 3 aromatic rings. The van der Waals surface area contributed by atoms with Crippen molar-refractivity contribution in [2.75, 3.05) is 0 Å². The molecule has 0 fully saturated rings. The first-order valence-corrected chi connectivity index (χ1v) is 8.77. The monoisotopic (exact) mass is 320 g/mol. The van der Waals surface area contributed by atoms with Crippen molar-refractivity contribution < 1.29 is 9.47 Å². The van der Waals surface area contributed by atoms with Gasteiger partial charge in [-0.15, -0.1) is 11.3 Å². The summed E-state index contributed by atoms with van der Waals surface area (Å²) in [6.45, 7) is 0.621. The number of benzene rings is 2. The molecular weight excluding hydrogens is 304 g/mol. The fraction of sp³-hybridized carbons (Fsp3) is 0.200. The van der Waals surface area contributed by atoms with Crippen LogP contribution in [0.2, 0.25) is 0 Å². The van der Waals surface area contributed by atoms with Crippen molar-refractivity contribution in [2.45, 2.75) is 24.7 Å². The van der Waals surface area contributed by atoms with Gasteiger partial charge in [-0.3, -0.25) is 0 Å². The van der Waals surface area contributed by atoms with Gasteiger partial charge in [0, 0.05) is 28.3 Å². The van der Waals surface area contributed by atoms with Crippen molar-refractivity contribution >= 4 is 11.3 Å². The van der Waals surface area contributed by atoms with E-state index in [1.54, 1.807) is 11.3 Å². The highest BCUT2D eigenvalue weighted by Gasteiger charge is 2.48. The number of fused-ring (bicyclic) bond motifs is 3. The van der Waals surface area contributed by atoms with Gasteiger partial charge in [0.05, 0.1) is 6.61 Å². The average molecular weight is 320 g/mol. The fourth-order valence-electron chi connectivity index (χ4n) is 3.75. The standard InChI is InChI=1S/C20H16O2S/c1-3-8-17-14(6-1)13-21-20(17)12-16(19-10-5-11-23-19)15-7-2-4-9-18(15)22-20/h1-11,16H,12-13H2/t16-,20-/m1/s1. The maximum Gasteiger partial charge on any atom is 0.238 e. The highest BCUT2D eigenvalue weighted by molar-refractivity contribution is 7.10. The molecular formula is C20H16O2S. The van der Waals surface area contributed by atoms with Crippen LogP contribution >= 0.6 is 11.3 Å². The Morgan fingerprint density at radius 1 is 0.957 bits per heavy atom. The molecule has 5 rings (SSSR count). The summed E-state index contributed by atoms with van der Waals surface area (Å²) in [6, 6.07) is 21.1. The van der Waals surface area contributed by atoms with E-state index in [0.29, 0.717) is 12.5 Å². The van der Waals surface area contributed by atoms with Crippen molar-refractivity contribution in [1.29, 1.82) is 0 Å². The summed E-state index contributed by atoms with van der Waals surface area (Å²) in [5.74, 6) is 0.597. The Bertz CT molecular complexity index is 856. The third kappa shape index (κ3) is 1.97. The smallest absolute Gasteiger partial charge is 0.238 e. The van der Waals surface area contributed by atoms with Crippen LogP contribution in [0.25, 0.3) is 0 Å². The van der Waals surface area contributed by atoms with Gasteiger partial charge in [0.15, 0.2) is 0 Å². The molecule has 2 aliphatic heterocycles. The zero-order valence-electron chi connectivity index (χ0n) is 12.6. The normalized spacial score (nSPS) is 25.0. The second kappa shape index (κ2) is 4.95. The SMILES string of the molecule is c1csc([C@@H]2C[C@@]3(OCc4ccccc43)Oc3ccccc32)c1. The zero-order valence-corrected chi connectivity index (χ0v) is 13.4. The van der Waals surface area contributed by atoms with Crippen molar-refractivity contribution in [2.24, 2.45) is 0 Å². The van der Waals surface area contributed by atoms with Crippen LogP contribution in [0.15, 0.2) is 66.0 Å². The Morgan fingerprint density at radius 3 is 2.74 bits per heavy atom. The van der Waals surface area contributed by atoms with E-state index in [4.69, 9.17) is 9.47 Å². The van der Waals surface area contributed by atoms with Crippen molar-refractivity contribution in [1.82, 2.24) is 0 Å². The minimum atomic E-state index is -0.653. The molecule has 0 amide bonds. The van der Waals surface area contributed by atoms with Crippen molar-refractivity contribution in [3.63, 3.8) is 0 Å². The number of thiophene rings is 1. The average Bonchev–Trinajstić information content (AvgIpc) is 3.24. The molecule has 2 nitrogen and oxygen atoms in total. The predicted molar refractivity (Wildman–Crippen MR) is 90.8 cm³/mol. The lowest BCUT2D eigenvalue weighted by atomic mass is 9.84. The quantitative estimate of drug-likeness (QED) is 0.625. The minimum absolute atomic E-state index is 0.311. The third-order valence-electron chi connectivity index (χ3n) is 4.82. The maximum absolute atomic E-state index is 6.42. The summed E-state index contributed by atoms with van der Waals surface area (Å²) in [6.07, 6.45) is 0.821. The first kappa shape index (κ1) is 13.3. The Kier molecular flexibility index (Phi) is 2.87. The van der Waals surface area contributed by atoms with Crippen molar-refractivity contribution in [3.8, 4) is 5.75 Å². The van der Waals surface area contributed by atoms with Crippen LogP contribution in [-0.2, 0) is 17.1 Å². The second-order valence-corrected chi connectivity index (χ2v) is 7.09. The zero-order chi connectivity index (χ0) is 15.3. The van der Waals surface area contributed by atoms with Gasteiger partial charge in [-0.05, 0) is 23.1 Å². The second-order valence-electron chi connectivity index (χ2n) is 6.11. The van der Waals surface area contributed by atoms with Gasteiger partial charge in [0.1, 0.15) is 5.75 Å². The molecule has 3 heterocycles. The number of rotatable bonds is 1. The van der Waals surface area contributed by atoms with E-state index in [0.717, 1.165) is 12.2 Å². The Hall–Kier alpha value is -2.10. The Labute approximate surface area is 139 Å². The third-order valence-corrected chi connectivity index (χ3v) is 5.80. The molecule has 2 aliphatic rings. The molecule has 0 radical (unpaired) electrons. The lowest BCUT2D eigenvalue weighted by molar-refractivity contribution is -0.195. The molecule has 2 atom stereocenters. The van der Waals surface area contributed by atoms with Crippen LogP contribution < -0.4 is 4.74 Å². The van der Waals surface area contributed by atoms with Gasteiger partial charge in [0.2, 0.25) is 5.79 Å². The molecule has 0 bridgehead atoms. The maximum atomic E-state index is 6.42. The molecule has 1 spiro atoms. The van der Waals surface area contributed by atoms with Crippen LogP contribution in [0.1, 0.15) is 33.9 Å². The molecule has 2 aromatic carbocycles. The fourth-order valence-corrected chi connectivity index (χ4v) is 4.59. The molecule has 0 saturated carbocycles. The van der Waals surface area contributed by atoms with Gasteiger partial charge in [-0.1, -0.05) is 48.5 Å². The van der Waals surface area contributed by atoms with E-state index in [1.165, 1.54) is 21.6 Å². The van der Waals surface area contributed by atoms with Crippen LogP contribution in [0, 0.1) is 0 Å². The summed E-state index contributed by atoms with van der Waals surface area (Å²) in [5.41, 5.74) is 3.67. The molecule has 0 unspecified atom stereocenters. The highest BCUT2D eigenvalue weighted by atomic mass is 32.1. The number of para-hydroxylation sites is 1. The minimum Gasteiger partial charge on any atom is -0.458 e. The van der Waals surface area contributed by atoms with Crippen LogP contribution in [0.3, 0.4) is 0 Å². The van der Waals surface area contributed by atoms with E-state index >= 15 is 0 Å². The van der Waals surface area contributed by atoms with E-state index in [9.17, 15) is 0 Å². The number of hydrogen-bond donors (Lipinski definition) is 0. The Balaban J connectivity index is 1.68. The largest absolute Gasteiger partial charge is 0.458 e. The number of ether oxygens (including phenoxy) is 2. The molecule has 0 saturated heterocycles. The van der Waals surface area contributed by atoms with Gasteiger partial charge >= 0.3 is 0 Å². The summed E-state index contributed by atoms with van der Waals surface area (Å²) < 4.78 is 12.6. The predicted octanol–water partition coefficient (Wildman–Crippen LogP) is 5.05. The lowest BCUT2D eigenvalue weighted by Crippen LogP contribution is -2.38. The van der Waals surface area contributed by atoms with E-state index < -0.39 is 5.79 Å². The summed E-state index contributed by atoms with van der Waals surface area (Å²) in [4.78, 5) is 1.37. The topological polar surface area (TPSA) is 18.5 Å². The lowest BCUT2D eigenvalue weighted by Gasteiger charge is -2.39. The molecule has 0 N–H and O–H groups in total. The van der Waals surface area contributed by atoms with Gasteiger partial charge in [0.25, 0.3) is 0 Å². The van der Waals surface area contributed by atoms with Gasteiger partial charge < -0.3 is 9.47 Å². The first-order valence-electron chi connectivity index (χ1n) is 7.89. The summed E-state index contributed by atoms with van der Waals surface area (Å²) in [5, 5.41) is 2.14. The van der Waals surface area contributed by atoms with Gasteiger partial charge in [-0.2, -0.15) is 0 Å². The van der Waals surface area contributed by atoms with Crippen molar-refractivity contribution in [3.05, 3.63) is 87.6 Å². The molecule has 114 valence electrons.